The van der Waals surface area contributed by atoms with Crippen LogP contribution in [0.25, 0.3) is 0 Å². The second-order valence-corrected chi connectivity index (χ2v) is 3.78. The smallest absolute Gasteiger partial charge is 0.00218 e. The molecule has 1 saturated heterocycles. The third-order valence-electron chi connectivity index (χ3n) is 2.76. The molecule has 1 nitrogen and oxygen atoms in total. The molecule has 0 aliphatic carbocycles. The van der Waals surface area contributed by atoms with Crippen molar-refractivity contribution < 1.29 is 0 Å². The molecule has 0 radical (unpaired) electrons. The van der Waals surface area contributed by atoms with E-state index in [1.807, 2.05) is 0 Å². The highest BCUT2D eigenvalue weighted by Crippen LogP contribution is 2.08. The van der Waals surface area contributed by atoms with Crippen LogP contribution in [0.1, 0.15) is 18.4 Å². The fraction of sp³-hybridized carbons (Fsp3) is 0.500. The molecular weight excluding hydrogens is 238 g/mol. The van der Waals surface area contributed by atoms with Gasteiger partial charge in [-0.3, -0.25) is 0 Å². The van der Waals surface area contributed by atoms with Gasteiger partial charge in [-0.1, -0.05) is 30.3 Å². The van der Waals surface area contributed by atoms with Crippen LogP contribution in [0.4, 0.5) is 0 Å². The lowest BCUT2D eigenvalue weighted by molar-refractivity contribution is 0.343. The quantitative estimate of drug-likeness (QED) is 0.803. The van der Waals surface area contributed by atoms with Crippen molar-refractivity contribution >= 4 is 17.0 Å². The molecule has 78 valence electrons. The molecule has 14 heavy (non-hydrogen) atoms. The number of hydrogen-bond acceptors (Lipinski definition) is 1. The van der Waals surface area contributed by atoms with E-state index in [-0.39, 0.29) is 17.0 Å². The molecule has 2 rings (SSSR count). The van der Waals surface area contributed by atoms with E-state index in [2.05, 4.69) is 35.2 Å². The van der Waals surface area contributed by atoms with Gasteiger partial charge in [-0.15, -0.1) is 17.0 Å². The van der Waals surface area contributed by atoms with Crippen LogP contribution in [-0.4, -0.2) is 24.5 Å². The van der Waals surface area contributed by atoms with E-state index in [4.69, 9.17) is 0 Å². The molecule has 1 fully saturated rings. The van der Waals surface area contributed by atoms with Crippen molar-refractivity contribution in [3.63, 3.8) is 0 Å². The third kappa shape index (κ3) is 3.43. The SMILES string of the molecule is Br.c1ccc(CCN2CCCC2)cc1. The summed E-state index contributed by atoms with van der Waals surface area (Å²) >= 11 is 0. The van der Waals surface area contributed by atoms with Crippen molar-refractivity contribution in [2.75, 3.05) is 19.6 Å². The van der Waals surface area contributed by atoms with Gasteiger partial charge in [0.15, 0.2) is 0 Å². The zero-order valence-electron chi connectivity index (χ0n) is 8.48. The summed E-state index contributed by atoms with van der Waals surface area (Å²) in [6.45, 7) is 3.86. The van der Waals surface area contributed by atoms with Gasteiger partial charge in [0.05, 0.1) is 0 Å². The average Bonchev–Trinajstić information content (AvgIpc) is 2.69. The highest BCUT2D eigenvalue weighted by Gasteiger charge is 2.10. The van der Waals surface area contributed by atoms with Gasteiger partial charge < -0.3 is 4.90 Å². The van der Waals surface area contributed by atoms with Gasteiger partial charge in [-0.25, -0.2) is 0 Å². The van der Waals surface area contributed by atoms with E-state index >= 15 is 0 Å². The van der Waals surface area contributed by atoms with Gasteiger partial charge in [0.2, 0.25) is 0 Å². The number of nitrogens with zero attached hydrogens (tertiary/aromatic N) is 1. The molecule has 0 atom stereocenters. The lowest BCUT2D eigenvalue weighted by Crippen LogP contribution is -2.21. The number of rotatable bonds is 3. The van der Waals surface area contributed by atoms with E-state index in [9.17, 15) is 0 Å². The molecule has 1 heterocycles. The summed E-state index contributed by atoms with van der Waals surface area (Å²) in [6, 6.07) is 10.8. The standard InChI is InChI=1S/C12H17N.BrH/c1-2-6-12(7-3-1)8-11-13-9-4-5-10-13;/h1-3,6-7H,4-5,8-11H2;1H. The maximum Gasteiger partial charge on any atom is 0.00218 e. The first-order valence-electron chi connectivity index (χ1n) is 5.21. The minimum atomic E-state index is 0. The van der Waals surface area contributed by atoms with Gasteiger partial charge in [-0.2, -0.15) is 0 Å². The zero-order chi connectivity index (χ0) is 8.93. The van der Waals surface area contributed by atoms with E-state index in [1.54, 1.807) is 0 Å². The lowest BCUT2D eigenvalue weighted by atomic mass is 10.1. The van der Waals surface area contributed by atoms with Gasteiger partial charge >= 0.3 is 0 Å². The Labute approximate surface area is 96.9 Å². The zero-order valence-corrected chi connectivity index (χ0v) is 10.2. The maximum atomic E-state index is 2.56. The monoisotopic (exact) mass is 255 g/mol. The third-order valence-corrected chi connectivity index (χ3v) is 2.76. The van der Waals surface area contributed by atoms with Crippen molar-refractivity contribution in [3.05, 3.63) is 35.9 Å². The second kappa shape index (κ2) is 6.20. The van der Waals surface area contributed by atoms with Crippen LogP contribution in [-0.2, 0) is 6.42 Å². The molecular formula is C12H18BrN. The van der Waals surface area contributed by atoms with Gasteiger partial charge in [0, 0.05) is 6.54 Å². The fourth-order valence-corrected chi connectivity index (χ4v) is 1.94. The Balaban J connectivity index is 0.000000980. The predicted octanol–water partition coefficient (Wildman–Crippen LogP) is 2.90. The Kier molecular flexibility index (Phi) is 5.20. The van der Waals surface area contributed by atoms with Crippen LogP contribution in [0.2, 0.25) is 0 Å². The van der Waals surface area contributed by atoms with Crippen molar-refractivity contribution in [1.82, 2.24) is 4.90 Å². The van der Waals surface area contributed by atoms with Crippen LogP contribution in [0.15, 0.2) is 30.3 Å². The van der Waals surface area contributed by atoms with Gasteiger partial charge in [0.1, 0.15) is 0 Å². The first kappa shape index (κ1) is 11.7. The molecule has 0 N–H and O–H groups in total. The topological polar surface area (TPSA) is 3.24 Å². The summed E-state index contributed by atoms with van der Waals surface area (Å²) in [5, 5.41) is 0. The summed E-state index contributed by atoms with van der Waals surface area (Å²) in [6.07, 6.45) is 4.00. The van der Waals surface area contributed by atoms with Crippen LogP contribution in [0.5, 0.6) is 0 Å². The van der Waals surface area contributed by atoms with E-state index in [0.717, 1.165) is 0 Å². The minimum Gasteiger partial charge on any atom is -0.303 e. The van der Waals surface area contributed by atoms with E-state index < -0.39 is 0 Å². The van der Waals surface area contributed by atoms with Crippen LogP contribution in [0.3, 0.4) is 0 Å². The van der Waals surface area contributed by atoms with E-state index in [1.165, 1.54) is 44.5 Å². The molecule has 2 heteroatoms. The Morgan fingerprint density at radius 3 is 2.29 bits per heavy atom. The molecule has 0 bridgehead atoms. The average molecular weight is 256 g/mol. The first-order valence-corrected chi connectivity index (χ1v) is 5.21. The molecule has 0 amide bonds. The summed E-state index contributed by atoms with van der Waals surface area (Å²) in [4.78, 5) is 2.56. The van der Waals surface area contributed by atoms with Crippen molar-refractivity contribution in [3.8, 4) is 0 Å². The molecule has 0 spiro atoms. The predicted molar refractivity (Wildman–Crippen MR) is 66.1 cm³/mol. The summed E-state index contributed by atoms with van der Waals surface area (Å²) in [5.41, 5.74) is 1.47. The first-order chi connectivity index (χ1) is 6.45. The maximum absolute atomic E-state index is 2.56. The Morgan fingerprint density at radius 1 is 1.00 bits per heavy atom. The highest BCUT2D eigenvalue weighted by molar-refractivity contribution is 8.93. The number of halogens is 1. The van der Waals surface area contributed by atoms with Crippen LogP contribution >= 0.6 is 17.0 Å². The molecule has 0 unspecified atom stereocenters. The number of hydrogen-bond donors (Lipinski definition) is 0. The molecule has 1 aliphatic rings. The number of likely N-dealkylation sites (tertiary alicyclic amines) is 1. The van der Waals surface area contributed by atoms with Gasteiger partial charge in [-0.05, 0) is 37.9 Å². The number of benzene rings is 1. The molecule has 0 aromatic heterocycles. The molecule has 1 aliphatic heterocycles. The fourth-order valence-electron chi connectivity index (χ4n) is 1.94. The molecule has 1 aromatic carbocycles. The Bertz CT molecular complexity index is 242. The largest absolute Gasteiger partial charge is 0.303 e. The summed E-state index contributed by atoms with van der Waals surface area (Å²) < 4.78 is 0. The van der Waals surface area contributed by atoms with Crippen molar-refractivity contribution in [2.45, 2.75) is 19.3 Å². The minimum absolute atomic E-state index is 0. The van der Waals surface area contributed by atoms with Crippen LogP contribution < -0.4 is 0 Å². The lowest BCUT2D eigenvalue weighted by Gasteiger charge is -2.13. The second-order valence-electron chi connectivity index (χ2n) is 3.78. The van der Waals surface area contributed by atoms with Crippen molar-refractivity contribution in [2.24, 2.45) is 0 Å². The van der Waals surface area contributed by atoms with Crippen LogP contribution in [0, 0.1) is 0 Å². The highest BCUT2D eigenvalue weighted by atomic mass is 79.9. The normalized spacial score (nSPS) is 16.6. The Hall–Kier alpha value is -0.340. The van der Waals surface area contributed by atoms with Crippen molar-refractivity contribution in [1.29, 1.82) is 0 Å². The van der Waals surface area contributed by atoms with Gasteiger partial charge in [0.25, 0.3) is 0 Å². The summed E-state index contributed by atoms with van der Waals surface area (Å²) in [5.74, 6) is 0. The Morgan fingerprint density at radius 2 is 1.64 bits per heavy atom. The summed E-state index contributed by atoms with van der Waals surface area (Å²) in [7, 11) is 0. The molecule has 0 saturated carbocycles. The van der Waals surface area contributed by atoms with E-state index in [0.29, 0.717) is 0 Å². The molecule has 1 aromatic rings.